The van der Waals surface area contributed by atoms with Crippen molar-refractivity contribution < 1.29 is 9.53 Å². The monoisotopic (exact) mass is 327 g/mol. The van der Waals surface area contributed by atoms with Gasteiger partial charge in [0.05, 0.1) is 18.0 Å². The molecule has 0 aliphatic heterocycles. The third-order valence-electron chi connectivity index (χ3n) is 3.34. The van der Waals surface area contributed by atoms with E-state index in [0.717, 1.165) is 11.3 Å². The molecule has 0 bridgehead atoms. The molecule has 3 nitrogen and oxygen atoms in total. The standard InChI is InChI=1S/C15H22BrNO2/c1-10(2)14(16)15(18)17(4)11(3)12-8-6-7-9-13(12)19-5/h6-11,14H,1-5H3. The number of hydrogen-bond acceptors (Lipinski definition) is 2. The van der Waals surface area contributed by atoms with Gasteiger partial charge in [-0.3, -0.25) is 4.79 Å². The van der Waals surface area contributed by atoms with Gasteiger partial charge in [-0.1, -0.05) is 48.0 Å². The topological polar surface area (TPSA) is 29.5 Å². The molecule has 0 saturated heterocycles. The lowest BCUT2D eigenvalue weighted by atomic mass is 10.0. The molecule has 1 aromatic rings. The Morgan fingerprint density at radius 2 is 1.84 bits per heavy atom. The van der Waals surface area contributed by atoms with Crippen molar-refractivity contribution >= 4 is 21.8 Å². The van der Waals surface area contributed by atoms with E-state index in [2.05, 4.69) is 15.9 Å². The molecule has 0 aliphatic carbocycles. The van der Waals surface area contributed by atoms with Gasteiger partial charge in [0.25, 0.3) is 0 Å². The van der Waals surface area contributed by atoms with Crippen LogP contribution in [-0.4, -0.2) is 29.8 Å². The van der Waals surface area contributed by atoms with Gasteiger partial charge in [-0.25, -0.2) is 0 Å². The molecule has 4 heteroatoms. The number of nitrogens with zero attached hydrogens (tertiary/aromatic N) is 1. The number of benzene rings is 1. The molecule has 0 spiro atoms. The van der Waals surface area contributed by atoms with Crippen LogP contribution in [0.2, 0.25) is 0 Å². The predicted molar refractivity (Wildman–Crippen MR) is 81.7 cm³/mol. The molecular formula is C15H22BrNO2. The summed E-state index contributed by atoms with van der Waals surface area (Å²) >= 11 is 3.46. The number of para-hydroxylation sites is 1. The lowest BCUT2D eigenvalue weighted by molar-refractivity contribution is -0.131. The van der Waals surface area contributed by atoms with Gasteiger partial charge in [0.2, 0.25) is 5.91 Å². The van der Waals surface area contributed by atoms with Crippen molar-refractivity contribution in [1.82, 2.24) is 4.90 Å². The van der Waals surface area contributed by atoms with Crippen LogP contribution in [0.3, 0.4) is 0 Å². The molecule has 1 aromatic carbocycles. The Morgan fingerprint density at radius 1 is 1.26 bits per heavy atom. The van der Waals surface area contributed by atoms with E-state index >= 15 is 0 Å². The number of alkyl halides is 1. The van der Waals surface area contributed by atoms with Crippen molar-refractivity contribution in [1.29, 1.82) is 0 Å². The SMILES string of the molecule is COc1ccccc1C(C)N(C)C(=O)C(Br)C(C)C. The minimum atomic E-state index is -0.158. The Labute approximate surface area is 124 Å². The summed E-state index contributed by atoms with van der Waals surface area (Å²) < 4.78 is 5.35. The molecule has 0 fully saturated rings. The van der Waals surface area contributed by atoms with E-state index in [1.54, 1.807) is 12.0 Å². The number of hydrogen-bond donors (Lipinski definition) is 0. The molecule has 106 valence electrons. The lowest BCUT2D eigenvalue weighted by Crippen LogP contribution is -2.37. The fourth-order valence-corrected chi connectivity index (χ4v) is 2.21. The Balaban J connectivity index is 2.93. The summed E-state index contributed by atoms with van der Waals surface area (Å²) in [6.07, 6.45) is 0. The summed E-state index contributed by atoms with van der Waals surface area (Å²) in [5.74, 6) is 1.17. The van der Waals surface area contributed by atoms with Crippen molar-refractivity contribution in [3.63, 3.8) is 0 Å². The molecule has 2 unspecified atom stereocenters. The van der Waals surface area contributed by atoms with E-state index in [1.807, 2.05) is 52.1 Å². The molecule has 0 aliphatic rings. The Bertz CT molecular complexity index is 434. The first-order valence-corrected chi connectivity index (χ1v) is 7.35. The van der Waals surface area contributed by atoms with Crippen molar-refractivity contribution in [2.24, 2.45) is 5.92 Å². The second-order valence-electron chi connectivity index (χ2n) is 5.01. The summed E-state index contributed by atoms with van der Waals surface area (Å²) in [7, 11) is 3.48. The van der Waals surface area contributed by atoms with Gasteiger partial charge in [0.1, 0.15) is 5.75 Å². The van der Waals surface area contributed by atoms with Crippen LogP contribution >= 0.6 is 15.9 Å². The molecule has 1 amide bonds. The lowest BCUT2D eigenvalue weighted by Gasteiger charge is -2.29. The van der Waals surface area contributed by atoms with E-state index in [-0.39, 0.29) is 22.7 Å². The van der Waals surface area contributed by atoms with Crippen molar-refractivity contribution in [2.75, 3.05) is 14.2 Å². The van der Waals surface area contributed by atoms with Crippen LogP contribution in [0.5, 0.6) is 5.75 Å². The normalized spacial score (nSPS) is 14.1. The van der Waals surface area contributed by atoms with Crippen LogP contribution in [0.15, 0.2) is 24.3 Å². The first-order chi connectivity index (χ1) is 8.90. The van der Waals surface area contributed by atoms with Crippen LogP contribution in [-0.2, 0) is 4.79 Å². The predicted octanol–water partition coefficient (Wildman–Crippen LogP) is 3.63. The molecule has 19 heavy (non-hydrogen) atoms. The summed E-state index contributed by atoms with van der Waals surface area (Å²) in [4.78, 5) is 13.9. The third-order valence-corrected chi connectivity index (χ3v) is 4.79. The molecule has 1 rings (SSSR count). The number of carbonyl (C=O) groups excluding carboxylic acids is 1. The number of halogens is 1. The maximum Gasteiger partial charge on any atom is 0.236 e. The van der Waals surface area contributed by atoms with Gasteiger partial charge < -0.3 is 9.64 Å². The molecule has 0 radical (unpaired) electrons. The number of methoxy groups -OCH3 is 1. The van der Waals surface area contributed by atoms with Crippen LogP contribution in [0.25, 0.3) is 0 Å². The van der Waals surface area contributed by atoms with E-state index in [0.29, 0.717) is 0 Å². The number of carbonyl (C=O) groups is 1. The van der Waals surface area contributed by atoms with E-state index in [4.69, 9.17) is 4.74 Å². The summed E-state index contributed by atoms with van der Waals surface area (Å²) in [6.45, 7) is 6.06. The highest BCUT2D eigenvalue weighted by Gasteiger charge is 2.26. The molecular weight excluding hydrogens is 306 g/mol. The zero-order valence-electron chi connectivity index (χ0n) is 12.2. The van der Waals surface area contributed by atoms with Gasteiger partial charge in [-0.15, -0.1) is 0 Å². The van der Waals surface area contributed by atoms with Crippen molar-refractivity contribution in [2.45, 2.75) is 31.6 Å². The van der Waals surface area contributed by atoms with Crippen LogP contribution < -0.4 is 4.74 Å². The Hall–Kier alpha value is -1.03. The average molecular weight is 328 g/mol. The van der Waals surface area contributed by atoms with E-state index in [1.165, 1.54) is 0 Å². The fourth-order valence-electron chi connectivity index (χ4n) is 1.89. The maximum absolute atomic E-state index is 12.3. The highest BCUT2D eigenvalue weighted by Crippen LogP contribution is 2.29. The first kappa shape index (κ1) is 16.0. The first-order valence-electron chi connectivity index (χ1n) is 6.43. The molecule has 0 heterocycles. The fraction of sp³-hybridized carbons (Fsp3) is 0.533. The van der Waals surface area contributed by atoms with E-state index < -0.39 is 0 Å². The zero-order valence-corrected chi connectivity index (χ0v) is 13.8. The second kappa shape index (κ2) is 6.94. The highest BCUT2D eigenvalue weighted by atomic mass is 79.9. The summed E-state index contributed by atoms with van der Waals surface area (Å²) in [5, 5.41) is 0. The summed E-state index contributed by atoms with van der Waals surface area (Å²) in [6, 6.07) is 7.77. The number of ether oxygens (including phenoxy) is 1. The smallest absolute Gasteiger partial charge is 0.236 e. The second-order valence-corrected chi connectivity index (χ2v) is 6.00. The molecule has 0 saturated carbocycles. The van der Waals surface area contributed by atoms with Gasteiger partial charge >= 0.3 is 0 Å². The van der Waals surface area contributed by atoms with Gasteiger partial charge in [-0.05, 0) is 18.9 Å². The number of rotatable bonds is 5. The largest absolute Gasteiger partial charge is 0.496 e. The number of amides is 1. The molecule has 2 atom stereocenters. The van der Waals surface area contributed by atoms with Gasteiger partial charge in [0, 0.05) is 12.6 Å². The van der Waals surface area contributed by atoms with Crippen molar-refractivity contribution in [3.05, 3.63) is 29.8 Å². The average Bonchev–Trinajstić information content (AvgIpc) is 2.43. The van der Waals surface area contributed by atoms with Crippen LogP contribution in [0, 0.1) is 5.92 Å². The molecule has 0 aromatic heterocycles. The molecule has 0 N–H and O–H groups in total. The Kier molecular flexibility index (Phi) is 5.85. The minimum absolute atomic E-state index is 0.0255. The quantitative estimate of drug-likeness (QED) is 0.773. The zero-order chi connectivity index (χ0) is 14.6. The van der Waals surface area contributed by atoms with Crippen LogP contribution in [0.4, 0.5) is 0 Å². The summed E-state index contributed by atoms with van der Waals surface area (Å²) in [5.41, 5.74) is 1.02. The highest BCUT2D eigenvalue weighted by molar-refractivity contribution is 9.10. The Morgan fingerprint density at radius 3 is 2.37 bits per heavy atom. The van der Waals surface area contributed by atoms with Gasteiger partial charge in [0.15, 0.2) is 0 Å². The maximum atomic E-state index is 12.3. The third kappa shape index (κ3) is 3.72. The van der Waals surface area contributed by atoms with Crippen molar-refractivity contribution in [3.8, 4) is 5.75 Å². The van der Waals surface area contributed by atoms with E-state index in [9.17, 15) is 4.79 Å². The van der Waals surface area contributed by atoms with Crippen LogP contribution in [0.1, 0.15) is 32.4 Å². The minimum Gasteiger partial charge on any atom is -0.496 e. The van der Waals surface area contributed by atoms with Gasteiger partial charge in [-0.2, -0.15) is 0 Å².